The van der Waals surface area contributed by atoms with Crippen LogP contribution in [0.4, 0.5) is 0 Å². The predicted octanol–water partition coefficient (Wildman–Crippen LogP) is 0.696. The van der Waals surface area contributed by atoms with Crippen molar-refractivity contribution in [3.8, 4) is 5.75 Å². The molecular weight excluding hydrogens is 232 g/mol. The van der Waals surface area contributed by atoms with E-state index >= 15 is 0 Å². The zero-order valence-corrected chi connectivity index (χ0v) is 9.11. The highest BCUT2D eigenvalue weighted by molar-refractivity contribution is 7.91. The average molecular weight is 242 g/mol. The van der Waals surface area contributed by atoms with Crippen LogP contribution in [0.2, 0.25) is 0 Å². The van der Waals surface area contributed by atoms with Crippen molar-refractivity contribution in [1.29, 1.82) is 0 Å². The fraction of sp³-hybridized carbons (Fsp3) is 0.300. The molecule has 0 spiro atoms. The number of benzene rings is 1. The van der Waals surface area contributed by atoms with Crippen LogP contribution < -0.4 is 4.74 Å². The normalized spacial score (nSPS) is 21.9. The number of carbonyl (C=O) groups is 1. The van der Waals surface area contributed by atoms with Gasteiger partial charge in [-0.05, 0) is 12.1 Å². The highest BCUT2D eigenvalue weighted by atomic mass is 32.2. The molecule has 0 saturated carbocycles. The van der Waals surface area contributed by atoms with Crippen molar-refractivity contribution < 1.29 is 23.1 Å². The summed E-state index contributed by atoms with van der Waals surface area (Å²) in [4.78, 5) is 10.7. The minimum Gasteiger partial charge on any atom is -0.487 e. The predicted molar refractivity (Wildman–Crippen MR) is 55.2 cm³/mol. The number of ether oxygens (including phenoxy) is 1. The molecule has 1 aromatic carbocycles. The van der Waals surface area contributed by atoms with Crippen LogP contribution >= 0.6 is 0 Å². The lowest BCUT2D eigenvalue weighted by molar-refractivity contribution is -0.138. The van der Waals surface area contributed by atoms with Crippen molar-refractivity contribution in [3.63, 3.8) is 0 Å². The summed E-state index contributed by atoms with van der Waals surface area (Å²) in [7, 11) is -3.43. The highest BCUT2D eigenvalue weighted by Crippen LogP contribution is 2.31. The fourth-order valence-electron chi connectivity index (χ4n) is 1.65. The van der Waals surface area contributed by atoms with Crippen LogP contribution in [-0.4, -0.2) is 31.4 Å². The Hall–Kier alpha value is -1.56. The molecule has 1 heterocycles. The van der Waals surface area contributed by atoms with Crippen LogP contribution in [0.25, 0.3) is 0 Å². The molecule has 16 heavy (non-hydrogen) atoms. The number of para-hydroxylation sites is 1. The van der Waals surface area contributed by atoms with E-state index in [4.69, 9.17) is 9.84 Å². The first kappa shape index (κ1) is 10.9. The van der Waals surface area contributed by atoms with Crippen molar-refractivity contribution in [2.75, 3.05) is 5.75 Å². The van der Waals surface area contributed by atoms with Gasteiger partial charge >= 0.3 is 5.97 Å². The molecule has 0 bridgehead atoms. The van der Waals surface area contributed by atoms with E-state index in [1.165, 1.54) is 12.1 Å². The lowest BCUT2D eigenvalue weighted by Gasteiger charge is -2.24. The maximum atomic E-state index is 11.8. The molecule has 0 radical (unpaired) electrons. The van der Waals surface area contributed by atoms with Gasteiger partial charge in [0, 0.05) is 0 Å². The lowest BCUT2D eigenvalue weighted by Crippen LogP contribution is -2.33. The fourth-order valence-corrected chi connectivity index (χ4v) is 3.21. The van der Waals surface area contributed by atoms with E-state index in [-0.39, 0.29) is 22.8 Å². The van der Waals surface area contributed by atoms with E-state index in [0.29, 0.717) is 0 Å². The Bertz CT molecular complexity index is 520. The molecule has 2 rings (SSSR count). The number of fused-ring (bicyclic) bond motifs is 1. The molecule has 1 atom stereocenters. The molecular formula is C10H10O5S. The highest BCUT2D eigenvalue weighted by Gasteiger charge is 2.32. The second kappa shape index (κ2) is 3.79. The number of sulfone groups is 1. The summed E-state index contributed by atoms with van der Waals surface area (Å²) in [5.41, 5.74) is 0. The molecule has 1 aliphatic heterocycles. The average Bonchev–Trinajstić information content (AvgIpc) is 2.15. The van der Waals surface area contributed by atoms with Crippen LogP contribution in [0.15, 0.2) is 29.2 Å². The van der Waals surface area contributed by atoms with Crippen LogP contribution in [0, 0.1) is 0 Å². The molecule has 1 aromatic rings. The summed E-state index contributed by atoms with van der Waals surface area (Å²) < 4.78 is 28.9. The molecule has 86 valence electrons. The van der Waals surface area contributed by atoms with Gasteiger partial charge in [0.15, 0.2) is 9.84 Å². The molecule has 0 fully saturated rings. The Morgan fingerprint density at radius 3 is 2.81 bits per heavy atom. The second-order valence-corrected chi connectivity index (χ2v) is 5.57. The molecule has 0 amide bonds. The maximum absolute atomic E-state index is 11.8. The van der Waals surface area contributed by atoms with Crippen LogP contribution in [-0.2, 0) is 14.6 Å². The van der Waals surface area contributed by atoms with Gasteiger partial charge in [-0.1, -0.05) is 12.1 Å². The summed E-state index contributed by atoms with van der Waals surface area (Å²) >= 11 is 0. The molecule has 6 heteroatoms. The Labute approximate surface area is 92.6 Å². The van der Waals surface area contributed by atoms with Crippen LogP contribution in [0.3, 0.4) is 0 Å². The molecule has 1 unspecified atom stereocenters. The summed E-state index contributed by atoms with van der Waals surface area (Å²) in [5.74, 6) is -1.12. The third-order valence-corrected chi connectivity index (χ3v) is 4.10. The summed E-state index contributed by atoms with van der Waals surface area (Å²) in [6, 6.07) is 6.25. The van der Waals surface area contributed by atoms with Gasteiger partial charge in [0.1, 0.15) is 16.7 Å². The van der Waals surface area contributed by atoms with Crippen molar-refractivity contribution in [2.24, 2.45) is 0 Å². The Balaban J connectivity index is 2.37. The summed E-state index contributed by atoms with van der Waals surface area (Å²) in [6.07, 6.45) is -1.12. The number of aliphatic carboxylic acids is 1. The SMILES string of the molecule is O=C(O)CC1CS(=O)(=O)c2ccccc2O1. The Morgan fingerprint density at radius 2 is 2.12 bits per heavy atom. The zero-order chi connectivity index (χ0) is 11.8. The molecule has 0 aromatic heterocycles. The summed E-state index contributed by atoms with van der Waals surface area (Å²) in [5, 5.41) is 8.61. The summed E-state index contributed by atoms with van der Waals surface area (Å²) in [6.45, 7) is 0. The van der Waals surface area contributed by atoms with Gasteiger partial charge in [0.2, 0.25) is 0 Å². The number of hydrogen-bond acceptors (Lipinski definition) is 4. The Morgan fingerprint density at radius 1 is 1.44 bits per heavy atom. The third-order valence-electron chi connectivity index (χ3n) is 2.29. The number of rotatable bonds is 2. The standard InChI is InChI=1S/C10H10O5S/c11-10(12)5-7-6-16(13,14)9-4-2-1-3-8(9)15-7/h1-4,7H,5-6H2,(H,11,12). The van der Waals surface area contributed by atoms with Gasteiger partial charge in [-0.15, -0.1) is 0 Å². The first-order valence-corrected chi connectivity index (χ1v) is 6.34. The smallest absolute Gasteiger partial charge is 0.307 e. The molecule has 0 saturated heterocycles. The van der Waals surface area contributed by atoms with E-state index in [0.717, 1.165) is 0 Å². The van der Waals surface area contributed by atoms with Crippen molar-refractivity contribution in [1.82, 2.24) is 0 Å². The minimum absolute atomic E-state index is 0.136. The van der Waals surface area contributed by atoms with Crippen molar-refractivity contribution >= 4 is 15.8 Å². The molecule has 5 nitrogen and oxygen atoms in total. The maximum Gasteiger partial charge on any atom is 0.307 e. The van der Waals surface area contributed by atoms with Gasteiger partial charge in [-0.25, -0.2) is 8.42 Å². The number of carboxylic acids is 1. The first-order valence-electron chi connectivity index (χ1n) is 4.69. The van der Waals surface area contributed by atoms with Crippen molar-refractivity contribution in [3.05, 3.63) is 24.3 Å². The van der Waals surface area contributed by atoms with Crippen molar-refractivity contribution in [2.45, 2.75) is 17.4 Å². The zero-order valence-electron chi connectivity index (χ0n) is 8.29. The van der Waals surface area contributed by atoms with E-state index < -0.39 is 21.9 Å². The quantitative estimate of drug-likeness (QED) is 0.825. The van der Waals surface area contributed by atoms with E-state index in [9.17, 15) is 13.2 Å². The van der Waals surface area contributed by atoms with E-state index in [1.807, 2.05) is 0 Å². The van der Waals surface area contributed by atoms with Crippen LogP contribution in [0.5, 0.6) is 5.75 Å². The molecule has 1 N–H and O–H groups in total. The Kier molecular flexibility index (Phi) is 2.59. The lowest BCUT2D eigenvalue weighted by atomic mass is 10.2. The van der Waals surface area contributed by atoms with Gasteiger partial charge in [-0.3, -0.25) is 4.79 Å². The number of carboxylic acid groups (broad SMARTS) is 1. The second-order valence-electron chi connectivity index (χ2n) is 3.57. The monoisotopic (exact) mass is 242 g/mol. The third kappa shape index (κ3) is 2.01. The van der Waals surface area contributed by atoms with Crippen LogP contribution in [0.1, 0.15) is 6.42 Å². The first-order chi connectivity index (χ1) is 7.49. The number of hydrogen-bond donors (Lipinski definition) is 1. The minimum atomic E-state index is -3.43. The van der Waals surface area contributed by atoms with Gasteiger partial charge in [-0.2, -0.15) is 0 Å². The van der Waals surface area contributed by atoms with E-state index in [1.54, 1.807) is 12.1 Å². The molecule has 1 aliphatic rings. The van der Waals surface area contributed by atoms with Gasteiger partial charge in [0.25, 0.3) is 0 Å². The topological polar surface area (TPSA) is 80.7 Å². The largest absolute Gasteiger partial charge is 0.487 e. The van der Waals surface area contributed by atoms with Gasteiger partial charge < -0.3 is 9.84 Å². The van der Waals surface area contributed by atoms with Gasteiger partial charge in [0.05, 0.1) is 12.2 Å². The molecule has 0 aliphatic carbocycles. The van der Waals surface area contributed by atoms with E-state index in [2.05, 4.69) is 0 Å².